The zero-order chi connectivity index (χ0) is 18.8. The number of nitrogens with zero attached hydrogens (tertiary/aromatic N) is 2. The fraction of sp³-hybridized carbons (Fsp3) is 0.0500. The van der Waals surface area contributed by atoms with E-state index in [1.807, 2.05) is 48.5 Å². The van der Waals surface area contributed by atoms with Gasteiger partial charge in [0, 0.05) is 33.4 Å². The molecule has 0 aliphatic carbocycles. The predicted molar refractivity (Wildman–Crippen MR) is 109 cm³/mol. The molecule has 0 saturated carbocycles. The summed E-state index contributed by atoms with van der Waals surface area (Å²) >= 11 is 7.54. The summed E-state index contributed by atoms with van der Waals surface area (Å²) in [4.78, 5) is 19.6. The molecule has 0 amide bonds. The summed E-state index contributed by atoms with van der Waals surface area (Å²) in [6, 6.07) is 20.2. The molecule has 0 unspecified atom stereocenters. The number of nitro groups is 1. The van der Waals surface area contributed by atoms with Crippen LogP contribution in [0.15, 0.2) is 71.6 Å². The zero-order valence-electron chi connectivity index (χ0n) is 14.1. The molecule has 1 N–H and O–H groups in total. The van der Waals surface area contributed by atoms with Crippen molar-refractivity contribution < 1.29 is 4.92 Å². The van der Waals surface area contributed by atoms with E-state index >= 15 is 0 Å². The van der Waals surface area contributed by atoms with Crippen LogP contribution in [0.25, 0.3) is 22.4 Å². The number of thioether (sulfide) groups is 1. The second kappa shape index (κ2) is 7.42. The van der Waals surface area contributed by atoms with Gasteiger partial charge in [-0.3, -0.25) is 10.1 Å². The molecule has 7 heteroatoms. The van der Waals surface area contributed by atoms with Crippen molar-refractivity contribution in [1.82, 2.24) is 9.97 Å². The van der Waals surface area contributed by atoms with Gasteiger partial charge >= 0.3 is 0 Å². The fourth-order valence-corrected chi connectivity index (χ4v) is 3.88. The Bertz CT molecular complexity index is 1090. The van der Waals surface area contributed by atoms with E-state index < -0.39 is 0 Å². The molecule has 0 radical (unpaired) electrons. The maximum absolute atomic E-state index is 11.2. The minimum Gasteiger partial charge on any atom is -0.338 e. The van der Waals surface area contributed by atoms with E-state index in [-0.39, 0.29) is 10.6 Å². The number of para-hydroxylation sites is 2. The van der Waals surface area contributed by atoms with Crippen LogP contribution in [0, 0.1) is 10.1 Å². The number of hydrogen-bond donors (Lipinski definition) is 1. The number of nitrogens with one attached hydrogen (secondary N) is 1. The first-order valence-corrected chi connectivity index (χ1v) is 9.57. The van der Waals surface area contributed by atoms with Gasteiger partial charge in [0.05, 0.1) is 16.0 Å². The quantitative estimate of drug-likeness (QED) is 0.252. The Labute approximate surface area is 164 Å². The highest BCUT2D eigenvalue weighted by Gasteiger charge is 2.16. The third kappa shape index (κ3) is 3.82. The Balaban J connectivity index is 1.72. The second-order valence-electron chi connectivity index (χ2n) is 5.96. The van der Waals surface area contributed by atoms with Crippen LogP contribution in [0.3, 0.4) is 0 Å². The molecular weight excluding hydrogens is 382 g/mol. The average Bonchev–Trinajstić information content (AvgIpc) is 3.11. The smallest absolute Gasteiger partial charge is 0.270 e. The highest BCUT2D eigenvalue weighted by molar-refractivity contribution is 7.98. The third-order valence-electron chi connectivity index (χ3n) is 4.13. The molecule has 0 aliphatic rings. The third-order valence-corrected chi connectivity index (χ3v) is 5.52. The van der Waals surface area contributed by atoms with Gasteiger partial charge < -0.3 is 4.98 Å². The van der Waals surface area contributed by atoms with Gasteiger partial charge in [0.1, 0.15) is 5.82 Å². The van der Waals surface area contributed by atoms with E-state index in [2.05, 4.69) is 9.97 Å². The van der Waals surface area contributed by atoms with Crippen LogP contribution in [0.1, 0.15) is 5.56 Å². The van der Waals surface area contributed by atoms with Crippen molar-refractivity contribution in [3.8, 4) is 11.4 Å². The van der Waals surface area contributed by atoms with Crippen molar-refractivity contribution in [2.24, 2.45) is 0 Å². The van der Waals surface area contributed by atoms with Crippen molar-refractivity contribution in [3.63, 3.8) is 0 Å². The molecule has 3 aromatic carbocycles. The summed E-state index contributed by atoms with van der Waals surface area (Å²) in [7, 11) is 0. The largest absolute Gasteiger partial charge is 0.338 e. The summed E-state index contributed by atoms with van der Waals surface area (Å²) in [5.41, 5.74) is 3.61. The molecule has 27 heavy (non-hydrogen) atoms. The molecule has 0 saturated heterocycles. The molecule has 1 aromatic heterocycles. The number of nitro benzene ring substituents is 1. The molecule has 0 fully saturated rings. The maximum Gasteiger partial charge on any atom is 0.270 e. The van der Waals surface area contributed by atoms with E-state index in [9.17, 15) is 10.1 Å². The number of imidazole rings is 1. The molecule has 0 atom stereocenters. The van der Waals surface area contributed by atoms with E-state index in [4.69, 9.17) is 11.6 Å². The molecular formula is C20H14ClN3O2S. The lowest BCUT2D eigenvalue weighted by Gasteiger charge is -2.08. The number of halogens is 1. The summed E-state index contributed by atoms with van der Waals surface area (Å²) in [5, 5.41) is 11.9. The minimum atomic E-state index is -0.389. The second-order valence-corrected chi connectivity index (χ2v) is 7.41. The van der Waals surface area contributed by atoms with Crippen molar-refractivity contribution >= 4 is 40.1 Å². The molecule has 1 heterocycles. The van der Waals surface area contributed by atoms with Crippen LogP contribution in [0.4, 0.5) is 5.69 Å². The fourth-order valence-electron chi connectivity index (χ4n) is 2.76. The van der Waals surface area contributed by atoms with E-state index in [0.29, 0.717) is 10.8 Å². The first-order chi connectivity index (χ1) is 13.1. The normalized spacial score (nSPS) is 11.0. The number of rotatable bonds is 5. The molecule has 4 rings (SSSR count). The maximum atomic E-state index is 11.2. The molecule has 4 aromatic rings. The van der Waals surface area contributed by atoms with Gasteiger partial charge in [-0.05, 0) is 35.9 Å². The number of non-ortho nitro benzene ring substituents is 1. The standard InChI is InChI=1S/C20H14ClN3O2S/c21-14-7-5-13(6-8-14)12-27-19-10-9-15(24(25)26)11-16(19)20-22-17-3-1-2-4-18(17)23-20/h1-11H,12H2,(H,22,23). The Morgan fingerprint density at radius 1 is 1.07 bits per heavy atom. The highest BCUT2D eigenvalue weighted by atomic mass is 35.5. The number of aromatic nitrogens is 2. The molecule has 5 nitrogen and oxygen atoms in total. The van der Waals surface area contributed by atoms with Crippen LogP contribution >= 0.6 is 23.4 Å². The monoisotopic (exact) mass is 395 g/mol. The summed E-state index contributed by atoms with van der Waals surface area (Å²) in [5.74, 6) is 1.35. The van der Waals surface area contributed by atoms with Crippen molar-refractivity contribution in [1.29, 1.82) is 0 Å². The van der Waals surface area contributed by atoms with Gasteiger partial charge in [0.2, 0.25) is 0 Å². The van der Waals surface area contributed by atoms with Crippen molar-refractivity contribution in [2.75, 3.05) is 0 Å². The predicted octanol–water partition coefficient (Wildman–Crippen LogP) is 6.08. The zero-order valence-corrected chi connectivity index (χ0v) is 15.6. The number of H-pyrrole nitrogens is 1. The number of fused-ring (bicyclic) bond motifs is 1. The van der Waals surface area contributed by atoms with Gasteiger partial charge in [0.15, 0.2) is 0 Å². The average molecular weight is 396 g/mol. The Hall–Kier alpha value is -2.83. The molecule has 0 bridgehead atoms. The lowest BCUT2D eigenvalue weighted by atomic mass is 10.2. The van der Waals surface area contributed by atoms with Crippen LogP contribution in [-0.4, -0.2) is 14.9 Å². The van der Waals surface area contributed by atoms with Crippen LogP contribution < -0.4 is 0 Å². The Morgan fingerprint density at radius 3 is 2.59 bits per heavy atom. The Kier molecular flexibility index (Phi) is 4.83. The van der Waals surface area contributed by atoms with Gasteiger partial charge in [-0.15, -0.1) is 11.8 Å². The SMILES string of the molecule is O=[N+]([O-])c1ccc(SCc2ccc(Cl)cc2)c(-c2nc3ccccc3[nH]2)c1. The van der Waals surface area contributed by atoms with Crippen LogP contribution in [0.2, 0.25) is 5.02 Å². The number of benzene rings is 3. The summed E-state index contributed by atoms with van der Waals surface area (Å²) < 4.78 is 0. The van der Waals surface area contributed by atoms with Crippen LogP contribution in [0.5, 0.6) is 0 Å². The lowest BCUT2D eigenvalue weighted by Crippen LogP contribution is -1.92. The first-order valence-electron chi connectivity index (χ1n) is 8.21. The van der Waals surface area contributed by atoms with Crippen molar-refractivity contribution in [3.05, 3.63) is 87.4 Å². The van der Waals surface area contributed by atoms with Gasteiger partial charge in [-0.1, -0.05) is 35.9 Å². The van der Waals surface area contributed by atoms with Crippen LogP contribution in [-0.2, 0) is 5.75 Å². The summed E-state index contributed by atoms with van der Waals surface area (Å²) in [6.45, 7) is 0. The highest BCUT2D eigenvalue weighted by Crippen LogP contribution is 2.35. The van der Waals surface area contributed by atoms with Gasteiger partial charge in [0.25, 0.3) is 5.69 Å². The molecule has 0 aliphatic heterocycles. The van der Waals surface area contributed by atoms with E-state index in [1.165, 1.54) is 6.07 Å². The lowest BCUT2D eigenvalue weighted by molar-refractivity contribution is -0.384. The van der Waals surface area contributed by atoms with E-state index in [1.54, 1.807) is 23.9 Å². The Morgan fingerprint density at radius 2 is 1.85 bits per heavy atom. The number of hydrogen-bond acceptors (Lipinski definition) is 4. The minimum absolute atomic E-state index is 0.0429. The topological polar surface area (TPSA) is 71.8 Å². The molecule has 134 valence electrons. The van der Waals surface area contributed by atoms with Crippen molar-refractivity contribution in [2.45, 2.75) is 10.6 Å². The first kappa shape index (κ1) is 17.6. The van der Waals surface area contributed by atoms with E-state index in [0.717, 1.165) is 32.8 Å². The van der Waals surface area contributed by atoms with Gasteiger partial charge in [-0.2, -0.15) is 0 Å². The molecule has 0 spiro atoms. The summed E-state index contributed by atoms with van der Waals surface area (Å²) in [6.07, 6.45) is 0. The van der Waals surface area contributed by atoms with Gasteiger partial charge in [-0.25, -0.2) is 4.98 Å². The number of aromatic amines is 1.